The van der Waals surface area contributed by atoms with Crippen LogP contribution >= 0.6 is 11.6 Å². The molecule has 0 unspecified atom stereocenters. The van der Waals surface area contributed by atoms with E-state index in [1.807, 2.05) is 35.9 Å². The standard InChI is InChI=1S/C15H13ClFN3/c1-20-13-8-3-2-6-11(13)19-14(20)9-18-12-7-4-5-10(16)15(12)17/h2-8,18H,9H2,1H3. The van der Waals surface area contributed by atoms with Crippen LogP contribution in [0.1, 0.15) is 5.82 Å². The second-order valence-electron chi connectivity index (χ2n) is 4.53. The Morgan fingerprint density at radius 2 is 2.00 bits per heavy atom. The second kappa shape index (κ2) is 5.13. The molecule has 5 heteroatoms. The molecule has 0 radical (unpaired) electrons. The summed E-state index contributed by atoms with van der Waals surface area (Å²) in [5, 5.41) is 3.14. The fourth-order valence-corrected chi connectivity index (χ4v) is 2.34. The van der Waals surface area contributed by atoms with Crippen LogP contribution in [0.4, 0.5) is 10.1 Å². The van der Waals surface area contributed by atoms with Gasteiger partial charge in [0.15, 0.2) is 5.82 Å². The third-order valence-corrected chi connectivity index (χ3v) is 3.56. The first-order valence-electron chi connectivity index (χ1n) is 6.25. The molecule has 1 N–H and O–H groups in total. The lowest BCUT2D eigenvalue weighted by Gasteiger charge is -2.08. The molecule has 0 aliphatic heterocycles. The van der Waals surface area contributed by atoms with E-state index in [-0.39, 0.29) is 5.02 Å². The molecule has 3 nitrogen and oxygen atoms in total. The number of imidazole rings is 1. The molecule has 20 heavy (non-hydrogen) atoms. The molecule has 0 saturated heterocycles. The molecule has 1 aromatic heterocycles. The number of hydrogen-bond donors (Lipinski definition) is 1. The first-order chi connectivity index (χ1) is 9.66. The number of fused-ring (bicyclic) bond motifs is 1. The molecule has 0 spiro atoms. The quantitative estimate of drug-likeness (QED) is 0.790. The number of aromatic nitrogens is 2. The van der Waals surface area contributed by atoms with E-state index in [1.54, 1.807) is 12.1 Å². The van der Waals surface area contributed by atoms with Crippen molar-refractivity contribution in [2.75, 3.05) is 5.32 Å². The maximum Gasteiger partial charge on any atom is 0.164 e. The van der Waals surface area contributed by atoms with Gasteiger partial charge in [-0.25, -0.2) is 9.37 Å². The van der Waals surface area contributed by atoms with Crippen LogP contribution in [0.15, 0.2) is 42.5 Å². The summed E-state index contributed by atoms with van der Waals surface area (Å²) in [5.74, 6) is 0.401. The van der Waals surface area contributed by atoms with Crippen molar-refractivity contribution in [1.29, 1.82) is 0 Å². The molecule has 0 saturated carbocycles. The molecule has 3 aromatic rings. The zero-order valence-electron chi connectivity index (χ0n) is 10.9. The summed E-state index contributed by atoms with van der Waals surface area (Å²) in [6.45, 7) is 0.433. The predicted molar refractivity (Wildman–Crippen MR) is 79.5 cm³/mol. The smallest absolute Gasteiger partial charge is 0.164 e. The third kappa shape index (κ3) is 2.23. The SMILES string of the molecule is Cn1c(CNc2cccc(Cl)c2F)nc2ccccc21. The molecule has 0 bridgehead atoms. The summed E-state index contributed by atoms with van der Waals surface area (Å²) in [6.07, 6.45) is 0. The van der Waals surface area contributed by atoms with Crippen molar-refractivity contribution >= 4 is 28.3 Å². The lowest BCUT2D eigenvalue weighted by molar-refractivity contribution is 0.630. The van der Waals surface area contributed by atoms with E-state index in [4.69, 9.17) is 11.6 Å². The summed E-state index contributed by atoms with van der Waals surface area (Å²) in [6, 6.07) is 12.8. The number of nitrogens with one attached hydrogen (secondary N) is 1. The van der Waals surface area contributed by atoms with Gasteiger partial charge in [0.05, 0.1) is 28.3 Å². The van der Waals surface area contributed by atoms with Crippen molar-refractivity contribution in [1.82, 2.24) is 9.55 Å². The maximum atomic E-state index is 13.8. The average molecular weight is 290 g/mol. The van der Waals surface area contributed by atoms with E-state index in [0.29, 0.717) is 12.2 Å². The van der Waals surface area contributed by atoms with Crippen molar-refractivity contribution in [3.05, 3.63) is 59.1 Å². The summed E-state index contributed by atoms with van der Waals surface area (Å²) in [7, 11) is 1.95. The molecule has 0 amide bonds. The molecular formula is C15H13ClFN3. The number of halogens is 2. The average Bonchev–Trinajstić information content (AvgIpc) is 2.78. The van der Waals surface area contributed by atoms with Crippen LogP contribution in [0.2, 0.25) is 5.02 Å². The summed E-state index contributed by atoms with van der Waals surface area (Å²) in [5.41, 5.74) is 2.36. The molecule has 0 aliphatic rings. The van der Waals surface area contributed by atoms with Crippen molar-refractivity contribution in [3.63, 3.8) is 0 Å². The lowest BCUT2D eigenvalue weighted by atomic mass is 10.3. The minimum Gasteiger partial charge on any atom is -0.375 e. The summed E-state index contributed by atoms with van der Waals surface area (Å²) in [4.78, 5) is 4.52. The highest BCUT2D eigenvalue weighted by Crippen LogP contribution is 2.23. The van der Waals surface area contributed by atoms with Crippen LogP contribution in [-0.2, 0) is 13.6 Å². The van der Waals surface area contributed by atoms with Gasteiger partial charge in [-0.15, -0.1) is 0 Å². The Bertz CT molecular complexity index is 767. The molecule has 2 aromatic carbocycles. The monoisotopic (exact) mass is 289 g/mol. The first-order valence-corrected chi connectivity index (χ1v) is 6.63. The van der Waals surface area contributed by atoms with Crippen LogP contribution in [0.25, 0.3) is 11.0 Å². The number of nitrogens with zero attached hydrogens (tertiary/aromatic N) is 2. The molecule has 0 atom stereocenters. The van der Waals surface area contributed by atoms with Crippen molar-refractivity contribution in [2.45, 2.75) is 6.54 Å². The van der Waals surface area contributed by atoms with Gasteiger partial charge in [-0.2, -0.15) is 0 Å². The van der Waals surface area contributed by atoms with Gasteiger partial charge in [-0.1, -0.05) is 29.8 Å². The number of benzene rings is 2. The second-order valence-corrected chi connectivity index (χ2v) is 4.94. The Balaban J connectivity index is 1.87. The molecule has 0 aliphatic carbocycles. The molecule has 1 heterocycles. The summed E-state index contributed by atoms with van der Waals surface area (Å²) < 4.78 is 15.8. The van der Waals surface area contributed by atoms with Gasteiger partial charge in [0, 0.05) is 7.05 Å². The zero-order valence-corrected chi connectivity index (χ0v) is 11.7. The Morgan fingerprint density at radius 3 is 2.80 bits per heavy atom. The number of aryl methyl sites for hydroxylation is 1. The highest BCUT2D eigenvalue weighted by Gasteiger charge is 2.09. The van der Waals surface area contributed by atoms with Gasteiger partial charge in [0.25, 0.3) is 0 Å². The van der Waals surface area contributed by atoms with E-state index in [9.17, 15) is 4.39 Å². The van der Waals surface area contributed by atoms with Gasteiger partial charge in [0.2, 0.25) is 0 Å². The van der Waals surface area contributed by atoms with Gasteiger partial charge >= 0.3 is 0 Å². The first kappa shape index (κ1) is 12.9. The molecule has 3 rings (SSSR count). The number of hydrogen-bond acceptors (Lipinski definition) is 2. The number of para-hydroxylation sites is 2. The Hall–Kier alpha value is -2.07. The largest absolute Gasteiger partial charge is 0.375 e. The van der Waals surface area contributed by atoms with Gasteiger partial charge in [-0.05, 0) is 24.3 Å². The maximum absolute atomic E-state index is 13.8. The van der Waals surface area contributed by atoms with E-state index >= 15 is 0 Å². The van der Waals surface area contributed by atoms with Crippen molar-refractivity contribution in [3.8, 4) is 0 Å². The minimum absolute atomic E-state index is 0.111. The highest BCUT2D eigenvalue weighted by molar-refractivity contribution is 6.31. The van der Waals surface area contributed by atoms with Crippen LogP contribution in [0.3, 0.4) is 0 Å². The fraction of sp³-hybridized carbons (Fsp3) is 0.133. The lowest BCUT2D eigenvalue weighted by Crippen LogP contribution is -2.07. The molecule has 102 valence electrons. The Labute approximate surface area is 121 Å². The van der Waals surface area contributed by atoms with E-state index in [1.165, 1.54) is 6.07 Å². The Kier molecular flexibility index (Phi) is 3.32. The predicted octanol–water partition coefficient (Wildman–Crippen LogP) is 3.98. The van der Waals surface area contributed by atoms with Gasteiger partial charge < -0.3 is 9.88 Å². The van der Waals surface area contributed by atoms with Crippen LogP contribution in [0, 0.1) is 5.82 Å². The molecule has 0 fully saturated rings. The zero-order chi connectivity index (χ0) is 14.1. The van der Waals surface area contributed by atoms with Gasteiger partial charge in [0.1, 0.15) is 5.82 Å². The summed E-state index contributed by atoms with van der Waals surface area (Å²) >= 11 is 5.76. The highest BCUT2D eigenvalue weighted by atomic mass is 35.5. The van der Waals surface area contributed by atoms with Crippen molar-refractivity contribution in [2.24, 2.45) is 7.05 Å². The third-order valence-electron chi connectivity index (χ3n) is 3.27. The Morgan fingerprint density at radius 1 is 1.20 bits per heavy atom. The van der Waals surface area contributed by atoms with Crippen LogP contribution in [0.5, 0.6) is 0 Å². The topological polar surface area (TPSA) is 29.9 Å². The van der Waals surface area contributed by atoms with Crippen LogP contribution in [-0.4, -0.2) is 9.55 Å². The van der Waals surface area contributed by atoms with Crippen LogP contribution < -0.4 is 5.32 Å². The minimum atomic E-state index is -0.437. The van der Waals surface area contributed by atoms with Crippen molar-refractivity contribution < 1.29 is 4.39 Å². The van der Waals surface area contributed by atoms with Gasteiger partial charge in [-0.3, -0.25) is 0 Å². The fourth-order valence-electron chi connectivity index (χ4n) is 2.17. The number of rotatable bonds is 3. The number of anilines is 1. The normalized spacial score (nSPS) is 10.9. The van der Waals surface area contributed by atoms with E-state index in [0.717, 1.165) is 16.9 Å². The van der Waals surface area contributed by atoms with E-state index < -0.39 is 5.82 Å². The van der Waals surface area contributed by atoms with E-state index in [2.05, 4.69) is 10.3 Å². The molecular weight excluding hydrogens is 277 g/mol.